The maximum Gasteiger partial charge on any atom is 0.289 e. The molecule has 8 nitrogen and oxygen atoms in total. The number of anilines is 1. The molecule has 0 bridgehead atoms. The van der Waals surface area contributed by atoms with Crippen LogP contribution in [0.1, 0.15) is 41.9 Å². The number of terminal acetylenes is 1. The third-order valence-electron chi connectivity index (χ3n) is 4.77. The van der Waals surface area contributed by atoms with Gasteiger partial charge >= 0.3 is 0 Å². The van der Waals surface area contributed by atoms with Crippen LogP contribution in [-0.2, 0) is 0 Å². The van der Waals surface area contributed by atoms with Crippen LogP contribution >= 0.6 is 0 Å². The number of rotatable bonds is 5. The van der Waals surface area contributed by atoms with E-state index in [9.17, 15) is 4.79 Å². The molecule has 0 aliphatic heterocycles. The van der Waals surface area contributed by atoms with Gasteiger partial charge in [0.15, 0.2) is 5.96 Å². The Bertz CT molecular complexity index is 943. The van der Waals surface area contributed by atoms with Crippen molar-refractivity contribution in [2.75, 3.05) is 11.9 Å². The van der Waals surface area contributed by atoms with Gasteiger partial charge in [-0.1, -0.05) is 30.4 Å². The van der Waals surface area contributed by atoms with Crippen molar-refractivity contribution in [2.45, 2.75) is 44.7 Å². The number of nitrogens with two attached hydrogens (primary N) is 2. The average Bonchev–Trinajstić information content (AvgIpc) is 2.67. The Morgan fingerprint density at radius 1 is 1.32 bits per heavy atom. The summed E-state index contributed by atoms with van der Waals surface area (Å²) in [6.07, 6.45) is 9.18. The van der Waals surface area contributed by atoms with Crippen LogP contribution in [-0.4, -0.2) is 40.5 Å². The Balaban J connectivity index is 2.00. The second kappa shape index (κ2) is 8.57. The van der Waals surface area contributed by atoms with Crippen LogP contribution in [0.5, 0.6) is 0 Å². The lowest BCUT2D eigenvalue weighted by Crippen LogP contribution is -2.38. The Morgan fingerprint density at radius 2 is 2.11 bits per heavy atom. The maximum absolute atomic E-state index is 12.4. The van der Waals surface area contributed by atoms with E-state index in [2.05, 4.69) is 31.5 Å². The molecule has 1 saturated carbocycles. The lowest BCUT2D eigenvalue weighted by molar-refractivity contribution is 0.0949. The first-order valence-corrected chi connectivity index (χ1v) is 9.33. The van der Waals surface area contributed by atoms with Crippen molar-refractivity contribution in [3.05, 3.63) is 29.6 Å². The topological polar surface area (TPSA) is 131 Å². The average molecular weight is 379 g/mol. The highest BCUT2D eigenvalue weighted by Crippen LogP contribution is 2.28. The minimum atomic E-state index is -0.409. The van der Waals surface area contributed by atoms with Gasteiger partial charge in [-0.05, 0) is 31.9 Å². The van der Waals surface area contributed by atoms with Gasteiger partial charge < -0.3 is 22.1 Å². The Kier molecular flexibility index (Phi) is 5.94. The number of amides is 1. The van der Waals surface area contributed by atoms with Crippen molar-refractivity contribution < 1.29 is 4.79 Å². The molecule has 2 aromatic rings. The molecule has 3 rings (SSSR count). The zero-order chi connectivity index (χ0) is 20.1. The van der Waals surface area contributed by atoms with Crippen LogP contribution in [0.25, 0.3) is 10.9 Å². The highest BCUT2D eigenvalue weighted by atomic mass is 16.2. The number of carbonyl (C=O) groups excluding carboxylic acids is 1. The van der Waals surface area contributed by atoms with Gasteiger partial charge in [-0.15, -0.1) is 6.42 Å². The van der Waals surface area contributed by atoms with Gasteiger partial charge in [0.05, 0.1) is 24.1 Å². The summed E-state index contributed by atoms with van der Waals surface area (Å²) in [5.41, 5.74) is 13.0. The van der Waals surface area contributed by atoms with Gasteiger partial charge in [-0.2, -0.15) is 0 Å². The fourth-order valence-corrected chi connectivity index (χ4v) is 3.47. The number of guanidine groups is 1. The van der Waals surface area contributed by atoms with E-state index < -0.39 is 5.91 Å². The normalized spacial score (nSPS) is 18.9. The predicted molar refractivity (Wildman–Crippen MR) is 111 cm³/mol. The van der Waals surface area contributed by atoms with Crippen LogP contribution in [0.2, 0.25) is 0 Å². The van der Waals surface area contributed by atoms with Crippen LogP contribution in [0, 0.1) is 19.3 Å². The van der Waals surface area contributed by atoms with Gasteiger partial charge in [0.1, 0.15) is 5.82 Å². The number of hydrogen-bond acceptors (Lipinski definition) is 5. The fourth-order valence-electron chi connectivity index (χ4n) is 3.47. The van der Waals surface area contributed by atoms with E-state index in [0.29, 0.717) is 11.3 Å². The quantitative estimate of drug-likeness (QED) is 0.352. The molecule has 0 saturated heterocycles. The molecule has 0 spiro atoms. The molecule has 0 radical (unpaired) electrons. The van der Waals surface area contributed by atoms with Crippen LogP contribution in [0.4, 0.5) is 5.82 Å². The zero-order valence-corrected chi connectivity index (χ0v) is 15.9. The lowest BCUT2D eigenvalue weighted by atomic mass is 9.90. The summed E-state index contributed by atoms with van der Waals surface area (Å²) in [6, 6.07) is 5.82. The minimum absolute atomic E-state index is 0.0241. The van der Waals surface area contributed by atoms with E-state index in [-0.39, 0.29) is 30.4 Å². The van der Waals surface area contributed by atoms with E-state index in [1.807, 2.05) is 25.1 Å². The monoisotopic (exact) mass is 379 g/mol. The third kappa shape index (κ3) is 4.49. The molecule has 6 N–H and O–H groups in total. The summed E-state index contributed by atoms with van der Waals surface area (Å²) in [4.78, 5) is 25.6. The van der Waals surface area contributed by atoms with E-state index >= 15 is 0 Å². The number of nitrogens with one attached hydrogen (secondary N) is 2. The molecule has 1 fully saturated rings. The molecule has 1 aliphatic carbocycles. The van der Waals surface area contributed by atoms with Crippen molar-refractivity contribution in [3.8, 4) is 12.3 Å². The van der Waals surface area contributed by atoms with Crippen molar-refractivity contribution in [1.29, 1.82) is 0 Å². The van der Waals surface area contributed by atoms with Gasteiger partial charge in [-0.25, -0.2) is 15.0 Å². The first-order chi connectivity index (χ1) is 13.5. The summed E-state index contributed by atoms with van der Waals surface area (Å²) >= 11 is 0. The second-order valence-corrected chi connectivity index (χ2v) is 6.96. The van der Waals surface area contributed by atoms with Crippen LogP contribution < -0.4 is 22.1 Å². The Labute approximate surface area is 164 Å². The summed E-state index contributed by atoms with van der Waals surface area (Å²) in [5, 5.41) is 6.93. The smallest absolute Gasteiger partial charge is 0.289 e. The number of aromatic nitrogens is 2. The first-order valence-electron chi connectivity index (χ1n) is 9.33. The van der Waals surface area contributed by atoms with E-state index in [4.69, 9.17) is 17.9 Å². The Hall–Kier alpha value is -3.34. The molecule has 2 atom stereocenters. The number of hydrogen-bond donors (Lipinski definition) is 4. The van der Waals surface area contributed by atoms with Crippen molar-refractivity contribution in [3.63, 3.8) is 0 Å². The van der Waals surface area contributed by atoms with Gasteiger partial charge in [0, 0.05) is 5.39 Å². The standard InChI is InChI=1S/C20H25N7O/c1-3-10-23-19(28)18-24-14-9-8-12(2)11-13(14)17(27-18)25-15-6-4-5-7-16(15)26-20(21)22/h1,8-9,11,15-16H,4-7,10H2,2H3,(H,23,28)(H4,21,22,26)(H,24,25,27). The van der Waals surface area contributed by atoms with Gasteiger partial charge in [0.2, 0.25) is 5.82 Å². The molecule has 28 heavy (non-hydrogen) atoms. The molecule has 2 unspecified atom stereocenters. The molecule has 1 aromatic carbocycles. The summed E-state index contributed by atoms with van der Waals surface area (Å²) in [6.45, 7) is 2.12. The van der Waals surface area contributed by atoms with Crippen molar-refractivity contribution in [2.24, 2.45) is 16.5 Å². The first kappa shape index (κ1) is 19.4. The lowest BCUT2D eigenvalue weighted by Gasteiger charge is -2.30. The highest BCUT2D eigenvalue weighted by molar-refractivity contribution is 5.96. The minimum Gasteiger partial charge on any atom is -0.370 e. The molecule has 1 amide bonds. The SMILES string of the molecule is C#CCNC(=O)c1nc(NC2CCCCC2N=C(N)N)c2cc(C)ccc2n1. The van der Waals surface area contributed by atoms with E-state index in [1.54, 1.807) is 0 Å². The van der Waals surface area contributed by atoms with Gasteiger partial charge in [0.25, 0.3) is 5.91 Å². The van der Waals surface area contributed by atoms with E-state index in [1.165, 1.54) is 0 Å². The molecule has 1 aromatic heterocycles. The number of fused-ring (bicyclic) bond motifs is 1. The third-order valence-corrected chi connectivity index (χ3v) is 4.77. The van der Waals surface area contributed by atoms with Crippen molar-refractivity contribution >= 4 is 28.6 Å². The fraction of sp³-hybridized carbons (Fsp3) is 0.400. The summed E-state index contributed by atoms with van der Waals surface area (Å²) < 4.78 is 0. The van der Waals surface area contributed by atoms with Crippen LogP contribution in [0.15, 0.2) is 23.2 Å². The van der Waals surface area contributed by atoms with Crippen LogP contribution in [0.3, 0.4) is 0 Å². The summed E-state index contributed by atoms with van der Waals surface area (Å²) in [5.74, 6) is 2.72. The number of nitrogens with zero attached hydrogens (tertiary/aromatic N) is 3. The molecule has 1 aliphatic rings. The van der Waals surface area contributed by atoms with E-state index in [0.717, 1.165) is 36.6 Å². The predicted octanol–water partition coefficient (Wildman–Crippen LogP) is 1.30. The molecule has 146 valence electrons. The Morgan fingerprint density at radius 3 is 2.86 bits per heavy atom. The summed E-state index contributed by atoms with van der Waals surface area (Å²) in [7, 11) is 0. The molecule has 8 heteroatoms. The molecule has 1 heterocycles. The number of benzene rings is 1. The maximum atomic E-state index is 12.4. The number of carbonyl (C=O) groups is 1. The molecular weight excluding hydrogens is 354 g/mol. The largest absolute Gasteiger partial charge is 0.370 e. The molecular formula is C20H25N7O. The van der Waals surface area contributed by atoms with Crippen molar-refractivity contribution in [1.82, 2.24) is 15.3 Å². The zero-order valence-electron chi connectivity index (χ0n) is 15.9. The second-order valence-electron chi connectivity index (χ2n) is 6.96. The van der Waals surface area contributed by atoms with Gasteiger partial charge in [-0.3, -0.25) is 4.79 Å². The highest BCUT2D eigenvalue weighted by Gasteiger charge is 2.26. The number of aryl methyl sites for hydroxylation is 1. The number of aliphatic imine (C=N–C) groups is 1.